The Kier molecular flexibility index (Phi) is 2.84. The van der Waals surface area contributed by atoms with Crippen LogP contribution in [0.2, 0.25) is 0 Å². The van der Waals surface area contributed by atoms with Gasteiger partial charge in [0.2, 0.25) is 5.91 Å². The summed E-state index contributed by atoms with van der Waals surface area (Å²) in [4.78, 5) is 14.2. The molecule has 0 fully saturated rings. The van der Waals surface area contributed by atoms with Crippen LogP contribution in [0.4, 0.5) is 0 Å². The van der Waals surface area contributed by atoms with Crippen LogP contribution in [-0.2, 0) is 17.8 Å². The van der Waals surface area contributed by atoms with Crippen LogP contribution in [0.15, 0.2) is 18.2 Å². The number of amides is 1. The fourth-order valence-corrected chi connectivity index (χ4v) is 4.29. The van der Waals surface area contributed by atoms with E-state index in [0.29, 0.717) is 6.04 Å². The van der Waals surface area contributed by atoms with Gasteiger partial charge in [-0.3, -0.25) is 4.79 Å². The second-order valence-corrected chi connectivity index (χ2v) is 6.51. The van der Waals surface area contributed by atoms with Gasteiger partial charge in [0.05, 0.1) is 6.04 Å². The average Bonchev–Trinajstić information content (AvgIpc) is 2.64. The van der Waals surface area contributed by atoms with Crippen LogP contribution < -0.4 is 0 Å². The zero-order chi connectivity index (χ0) is 14.6. The van der Waals surface area contributed by atoms with Crippen molar-refractivity contribution in [3.05, 3.63) is 35.0 Å². The number of rotatable bonds is 0. The molecule has 2 aromatic rings. The lowest BCUT2D eigenvalue weighted by Crippen LogP contribution is -2.34. The second-order valence-electron chi connectivity index (χ2n) is 6.51. The lowest BCUT2D eigenvalue weighted by Gasteiger charge is -2.33. The maximum atomic E-state index is 12.1. The summed E-state index contributed by atoms with van der Waals surface area (Å²) in [6.45, 7) is 5.82. The lowest BCUT2D eigenvalue weighted by molar-refractivity contribution is -0.131. The molecule has 1 aliphatic carbocycles. The van der Waals surface area contributed by atoms with Gasteiger partial charge < -0.3 is 9.47 Å². The molecule has 0 N–H and O–H groups in total. The van der Waals surface area contributed by atoms with E-state index in [1.807, 2.05) is 0 Å². The van der Waals surface area contributed by atoms with E-state index in [2.05, 4.69) is 34.6 Å². The van der Waals surface area contributed by atoms with E-state index >= 15 is 0 Å². The molecule has 2 aliphatic rings. The van der Waals surface area contributed by atoms with Gasteiger partial charge in [0, 0.05) is 36.6 Å². The van der Waals surface area contributed by atoms with E-state index in [-0.39, 0.29) is 5.91 Å². The van der Waals surface area contributed by atoms with Gasteiger partial charge in [-0.2, -0.15) is 0 Å². The Morgan fingerprint density at radius 3 is 2.90 bits per heavy atom. The molecule has 0 saturated carbocycles. The number of hydrogen-bond donors (Lipinski definition) is 0. The summed E-state index contributed by atoms with van der Waals surface area (Å²) in [7, 11) is 0. The summed E-state index contributed by atoms with van der Waals surface area (Å²) < 4.78 is 2.50. The smallest absolute Gasteiger partial charge is 0.220 e. The molecule has 0 bridgehead atoms. The van der Waals surface area contributed by atoms with Crippen molar-refractivity contribution in [3.63, 3.8) is 0 Å². The van der Waals surface area contributed by atoms with Crippen LogP contribution in [0.1, 0.15) is 49.0 Å². The highest BCUT2D eigenvalue weighted by Gasteiger charge is 2.34. The molecule has 4 rings (SSSR count). The molecule has 1 aliphatic heterocycles. The Balaban J connectivity index is 2.00. The molecular weight excluding hydrogens is 260 g/mol. The highest BCUT2D eigenvalue weighted by Crippen LogP contribution is 2.42. The molecule has 3 heteroatoms. The average molecular weight is 282 g/mol. The van der Waals surface area contributed by atoms with E-state index in [4.69, 9.17) is 0 Å². The SMILES string of the molecule is CC(=O)N1CCCn2c3c(c4cc(C)ccc42)CCCC31. The summed E-state index contributed by atoms with van der Waals surface area (Å²) in [6.07, 6.45) is 4.51. The van der Waals surface area contributed by atoms with Crippen molar-refractivity contribution in [2.24, 2.45) is 0 Å². The lowest BCUT2D eigenvalue weighted by atomic mass is 9.90. The molecular formula is C18H22N2O. The number of aromatic nitrogens is 1. The molecule has 0 saturated heterocycles. The van der Waals surface area contributed by atoms with Crippen molar-refractivity contribution in [2.75, 3.05) is 6.54 Å². The highest BCUT2D eigenvalue weighted by atomic mass is 16.2. The normalized spacial score (nSPS) is 21.2. The minimum Gasteiger partial charge on any atom is -0.342 e. The topological polar surface area (TPSA) is 25.2 Å². The zero-order valence-electron chi connectivity index (χ0n) is 12.9. The number of carbonyl (C=O) groups is 1. The Morgan fingerprint density at radius 1 is 1.24 bits per heavy atom. The van der Waals surface area contributed by atoms with Gasteiger partial charge in [-0.1, -0.05) is 11.6 Å². The van der Waals surface area contributed by atoms with E-state index < -0.39 is 0 Å². The van der Waals surface area contributed by atoms with Gasteiger partial charge in [0.1, 0.15) is 0 Å². The van der Waals surface area contributed by atoms with Gasteiger partial charge in [-0.15, -0.1) is 0 Å². The molecule has 1 atom stereocenters. The Bertz CT molecular complexity index is 725. The van der Waals surface area contributed by atoms with Crippen LogP contribution in [0, 0.1) is 6.92 Å². The molecule has 3 nitrogen and oxygen atoms in total. The first-order valence-electron chi connectivity index (χ1n) is 8.05. The molecule has 0 spiro atoms. The summed E-state index contributed by atoms with van der Waals surface area (Å²) in [5.74, 6) is 0.225. The molecule has 21 heavy (non-hydrogen) atoms. The second kappa shape index (κ2) is 4.62. The first-order chi connectivity index (χ1) is 10.2. The van der Waals surface area contributed by atoms with Crippen molar-refractivity contribution in [3.8, 4) is 0 Å². The summed E-state index contributed by atoms with van der Waals surface area (Å²) in [5.41, 5.74) is 5.61. The summed E-state index contributed by atoms with van der Waals surface area (Å²) in [5, 5.41) is 1.42. The molecule has 0 radical (unpaired) electrons. The summed E-state index contributed by atoms with van der Waals surface area (Å²) in [6, 6.07) is 7.09. The van der Waals surface area contributed by atoms with Crippen molar-refractivity contribution in [2.45, 2.75) is 52.1 Å². The van der Waals surface area contributed by atoms with Crippen molar-refractivity contribution in [1.82, 2.24) is 9.47 Å². The minimum absolute atomic E-state index is 0.225. The number of hydrogen-bond acceptors (Lipinski definition) is 1. The van der Waals surface area contributed by atoms with Crippen molar-refractivity contribution in [1.29, 1.82) is 0 Å². The third kappa shape index (κ3) is 1.83. The fraction of sp³-hybridized carbons (Fsp3) is 0.500. The molecule has 1 aromatic heterocycles. The van der Waals surface area contributed by atoms with Gasteiger partial charge in [0.25, 0.3) is 0 Å². The van der Waals surface area contributed by atoms with Crippen LogP contribution in [0.5, 0.6) is 0 Å². The molecule has 1 aromatic carbocycles. The van der Waals surface area contributed by atoms with E-state index in [0.717, 1.165) is 32.4 Å². The number of benzene rings is 1. The first kappa shape index (κ1) is 12.9. The first-order valence-corrected chi connectivity index (χ1v) is 8.05. The fourth-order valence-electron chi connectivity index (χ4n) is 4.29. The van der Waals surface area contributed by atoms with Crippen molar-refractivity contribution < 1.29 is 4.79 Å². The van der Waals surface area contributed by atoms with E-state index in [1.54, 1.807) is 6.92 Å². The number of fused-ring (bicyclic) bond motifs is 3. The van der Waals surface area contributed by atoms with E-state index in [1.165, 1.54) is 34.1 Å². The van der Waals surface area contributed by atoms with E-state index in [9.17, 15) is 4.79 Å². The monoisotopic (exact) mass is 282 g/mol. The Labute approximate surface area is 125 Å². The number of nitrogens with zero attached hydrogens (tertiary/aromatic N) is 2. The molecule has 1 unspecified atom stereocenters. The zero-order valence-corrected chi connectivity index (χ0v) is 12.9. The summed E-state index contributed by atoms with van der Waals surface area (Å²) >= 11 is 0. The van der Waals surface area contributed by atoms with Crippen LogP contribution >= 0.6 is 0 Å². The highest BCUT2D eigenvalue weighted by molar-refractivity contribution is 5.87. The Morgan fingerprint density at radius 2 is 2.10 bits per heavy atom. The number of aryl methyl sites for hydroxylation is 3. The van der Waals surface area contributed by atoms with Gasteiger partial charge in [-0.05, 0) is 50.3 Å². The predicted octanol–water partition coefficient (Wildman–Crippen LogP) is 3.58. The minimum atomic E-state index is 0.225. The van der Waals surface area contributed by atoms with Crippen LogP contribution in [0.25, 0.3) is 10.9 Å². The third-order valence-corrected chi connectivity index (χ3v) is 5.15. The third-order valence-electron chi connectivity index (χ3n) is 5.15. The van der Waals surface area contributed by atoms with Crippen LogP contribution in [0.3, 0.4) is 0 Å². The number of carbonyl (C=O) groups excluding carboxylic acids is 1. The Hall–Kier alpha value is -1.77. The maximum Gasteiger partial charge on any atom is 0.220 e. The molecule has 2 heterocycles. The maximum absolute atomic E-state index is 12.1. The van der Waals surface area contributed by atoms with Gasteiger partial charge in [-0.25, -0.2) is 0 Å². The van der Waals surface area contributed by atoms with Crippen LogP contribution in [-0.4, -0.2) is 21.9 Å². The standard InChI is InChI=1S/C18H22N2O/c1-12-7-8-16-15(11-12)14-5-3-6-17-18(14)20(16)10-4-9-19(17)13(2)21/h7-8,11,17H,3-6,9-10H2,1-2H3. The van der Waals surface area contributed by atoms with Gasteiger partial charge in [0.15, 0.2) is 0 Å². The van der Waals surface area contributed by atoms with Gasteiger partial charge >= 0.3 is 0 Å². The molecule has 1 amide bonds. The largest absolute Gasteiger partial charge is 0.342 e. The predicted molar refractivity (Wildman–Crippen MR) is 84.4 cm³/mol. The van der Waals surface area contributed by atoms with Crippen molar-refractivity contribution >= 4 is 16.8 Å². The molecule has 110 valence electrons. The quantitative estimate of drug-likeness (QED) is 0.725.